The minimum atomic E-state index is -0.678. The minimum Gasteiger partial charge on any atom is -0.345 e. The predicted molar refractivity (Wildman–Crippen MR) is 109 cm³/mol. The molecule has 4 rings (SSSR count). The van der Waals surface area contributed by atoms with Crippen LogP contribution in [0.4, 0.5) is 0 Å². The number of rotatable bonds is 5. The maximum Gasteiger partial charge on any atom is 0.316 e. The summed E-state index contributed by atoms with van der Waals surface area (Å²) >= 11 is 0. The maximum atomic E-state index is 12.9. The summed E-state index contributed by atoms with van der Waals surface area (Å²) in [7, 11) is 0. The van der Waals surface area contributed by atoms with Gasteiger partial charge in [0.05, 0.1) is 17.1 Å². The van der Waals surface area contributed by atoms with E-state index in [4.69, 9.17) is 0 Å². The Bertz CT molecular complexity index is 1150. The van der Waals surface area contributed by atoms with Gasteiger partial charge in [0, 0.05) is 12.1 Å². The number of hydrogen-bond donors (Lipinski definition) is 2. The van der Waals surface area contributed by atoms with Gasteiger partial charge in [0.1, 0.15) is 0 Å². The van der Waals surface area contributed by atoms with Crippen molar-refractivity contribution in [3.63, 3.8) is 0 Å². The molecule has 1 aliphatic carbocycles. The molecule has 1 saturated carbocycles. The highest BCUT2D eigenvalue weighted by Crippen LogP contribution is 2.41. The largest absolute Gasteiger partial charge is 0.345 e. The van der Waals surface area contributed by atoms with Crippen LogP contribution in [0.1, 0.15) is 47.3 Å². The van der Waals surface area contributed by atoms with Crippen LogP contribution in [-0.2, 0) is 6.54 Å². The Morgan fingerprint density at radius 1 is 1.18 bits per heavy atom. The molecule has 0 aliphatic heterocycles. The van der Waals surface area contributed by atoms with Gasteiger partial charge < -0.3 is 14.9 Å². The minimum absolute atomic E-state index is 0.0209. The molecule has 6 nitrogen and oxygen atoms in total. The first-order valence-corrected chi connectivity index (χ1v) is 9.62. The summed E-state index contributed by atoms with van der Waals surface area (Å²) in [5, 5.41) is 3.15. The Kier molecular flexibility index (Phi) is 4.63. The second kappa shape index (κ2) is 7.11. The van der Waals surface area contributed by atoms with Crippen LogP contribution in [0.15, 0.2) is 52.1 Å². The highest BCUT2D eigenvalue weighted by atomic mass is 16.2. The van der Waals surface area contributed by atoms with E-state index in [0.717, 1.165) is 18.4 Å². The Balaban J connectivity index is 1.66. The van der Waals surface area contributed by atoms with E-state index in [0.29, 0.717) is 29.1 Å². The van der Waals surface area contributed by atoms with Gasteiger partial charge in [0.25, 0.3) is 5.91 Å². The van der Waals surface area contributed by atoms with Gasteiger partial charge >= 0.3 is 11.1 Å². The van der Waals surface area contributed by atoms with Crippen LogP contribution in [0.3, 0.4) is 0 Å². The predicted octanol–water partition coefficient (Wildman–Crippen LogP) is 2.90. The molecular formula is C22H23N3O3. The number of fused-ring (bicyclic) bond motifs is 1. The van der Waals surface area contributed by atoms with Gasteiger partial charge in [-0.2, -0.15) is 0 Å². The van der Waals surface area contributed by atoms with E-state index in [9.17, 15) is 14.4 Å². The van der Waals surface area contributed by atoms with Crippen molar-refractivity contribution < 1.29 is 4.79 Å². The second-order valence-electron chi connectivity index (χ2n) is 7.43. The van der Waals surface area contributed by atoms with E-state index in [-0.39, 0.29) is 11.9 Å². The fourth-order valence-corrected chi connectivity index (χ4v) is 3.64. The molecule has 0 unspecified atom stereocenters. The van der Waals surface area contributed by atoms with Gasteiger partial charge in [-0.3, -0.25) is 14.4 Å². The van der Waals surface area contributed by atoms with E-state index in [1.54, 1.807) is 18.2 Å². The molecule has 1 aliphatic rings. The SMILES string of the molecule is CCn1c(=O)c(=O)[nH]c2cc(C(=O)N[C@@H](c3ccc(C)cc3)C3CC3)ccc21. The molecule has 1 atom stereocenters. The second-order valence-corrected chi connectivity index (χ2v) is 7.43. The van der Waals surface area contributed by atoms with Crippen molar-refractivity contribution >= 4 is 16.9 Å². The third kappa shape index (κ3) is 3.38. The van der Waals surface area contributed by atoms with E-state index in [1.807, 2.05) is 13.8 Å². The van der Waals surface area contributed by atoms with Crippen molar-refractivity contribution in [1.29, 1.82) is 0 Å². The number of amides is 1. The lowest BCUT2D eigenvalue weighted by Crippen LogP contribution is -2.36. The van der Waals surface area contributed by atoms with Gasteiger partial charge in [-0.15, -0.1) is 0 Å². The molecule has 0 radical (unpaired) electrons. The summed E-state index contributed by atoms with van der Waals surface area (Å²) in [5.41, 5.74) is 2.59. The van der Waals surface area contributed by atoms with E-state index >= 15 is 0 Å². The van der Waals surface area contributed by atoms with E-state index in [2.05, 4.69) is 34.6 Å². The standard InChI is InChI=1S/C22H23N3O3/c1-3-25-18-11-10-16(12-17(18)23-21(27)22(25)28)20(26)24-19(15-8-9-15)14-6-4-13(2)5-7-14/h4-7,10-12,15,19H,3,8-9H2,1-2H3,(H,23,27)(H,24,26)/t19-/m0/s1. The summed E-state index contributed by atoms with van der Waals surface area (Å²) in [6.45, 7) is 4.24. The summed E-state index contributed by atoms with van der Waals surface area (Å²) < 4.78 is 1.41. The van der Waals surface area contributed by atoms with Crippen LogP contribution in [0.5, 0.6) is 0 Å². The average Bonchev–Trinajstić information content (AvgIpc) is 3.52. The molecule has 144 valence electrons. The maximum absolute atomic E-state index is 12.9. The molecule has 1 heterocycles. The van der Waals surface area contributed by atoms with E-state index < -0.39 is 11.1 Å². The number of carbonyl (C=O) groups excluding carboxylic acids is 1. The molecule has 28 heavy (non-hydrogen) atoms. The molecule has 2 aromatic carbocycles. The van der Waals surface area contributed by atoms with Crippen molar-refractivity contribution in [2.45, 2.75) is 39.3 Å². The molecule has 3 aromatic rings. The first-order valence-electron chi connectivity index (χ1n) is 9.62. The van der Waals surface area contributed by atoms with Gasteiger partial charge in [-0.1, -0.05) is 29.8 Å². The smallest absolute Gasteiger partial charge is 0.316 e. The molecule has 0 spiro atoms. The molecule has 1 fully saturated rings. The highest BCUT2D eigenvalue weighted by molar-refractivity contribution is 5.97. The van der Waals surface area contributed by atoms with Crippen LogP contribution in [0.2, 0.25) is 0 Å². The third-order valence-electron chi connectivity index (χ3n) is 5.37. The number of aryl methyl sites for hydroxylation is 2. The lowest BCUT2D eigenvalue weighted by Gasteiger charge is -2.19. The molecule has 1 amide bonds. The Morgan fingerprint density at radius 2 is 1.89 bits per heavy atom. The number of aromatic nitrogens is 2. The van der Waals surface area contributed by atoms with Crippen molar-refractivity contribution in [2.24, 2.45) is 5.92 Å². The number of carbonyl (C=O) groups is 1. The number of benzene rings is 2. The van der Waals surface area contributed by atoms with Crippen LogP contribution >= 0.6 is 0 Å². The number of H-pyrrole nitrogens is 1. The summed E-state index contributed by atoms with van der Waals surface area (Å²) in [4.78, 5) is 39.4. The van der Waals surface area contributed by atoms with Crippen molar-refractivity contribution in [1.82, 2.24) is 14.9 Å². The molecule has 0 saturated heterocycles. The number of aromatic amines is 1. The number of nitrogens with one attached hydrogen (secondary N) is 2. The van der Waals surface area contributed by atoms with Crippen molar-refractivity contribution in [3.8, 4) is 0 Å². The van der Waals surface area contributed by atoms with Crippen LogP contribution in [0, 0.1) is 12.8 Å². The number of nitrogens with zero attached hydrogens (tertiary/aromatic N) is 1. The lowest BCUT2D eigenvalue weighted by molar-refractivity contribution is 0.0932. The Hall–Kier alpha value is -3.15. The van der Waals surface area contributed by atoms with Gasteiger partial charge in [0.2, 0.25) is 0 Å². The zero-order valence-electron chi connectivity index (χ0n) is 16.0. The number of hydrogen-bond acceptors (Lipinski definition) is 3. The molecule has 6 heteroatoms. The zero-order valence-corrected chi connectivity index (χ0v) is 16.0. The molecule has 2 N–H and O–H groups in total. The van der Waals surface area contributed by atoms with Gasteiger partial charge in [0.15, 0.2) is 0 Å². The first-order chi connectivity index (χ1) is 13.5. The fourth-order valence-electron chi connectivity index (χ4n) is 3.64. The summed E-state index contributed by atoms with van der Waals surface area (Å²) in [6, 6.07) is 13.3. The molecule has 1 aromatic heterocycles. The lowest BCUT2D eigenvalue weighted by atomic mass is 10.0. The normalized spacial score (nSPS) is 14.8. The van der Waals surface area contributed by atoms with Gasteiger partial charge in [-0.25, -0.2) is 0 Å². The third-order valence-corrected chi connectivity index (χ3v) is 5.37. The van der Waals surface area contributed by atoms with Crippen molar-refractivity contribution in [3.05, 3.63) is 79.9 Å². The monoisotopic (exact) mass is 377 g/mol. The Morgan fingerprint density at radius 3 is 2.54 bits per heavy atom. The van der Waals surface area contributed by atoms with E-state index in [1.165, 1.54) is 10.1 Å². The summed E-state index contributed by atoms with van der Waals surface area (Å²) in [5.74, 6) is 0.270. The molecular weight excluding hydrogens is 354 g/mol. The first kappa shape index (κ1) is 18.2. The van der Waals surface area contributed by atoms with Crippen LogP contribution in [0.25, 0.3) is 11.0 Å². The quantitative estimate of drug-likeness (QED) is 0.671. The summed E-state index contributed by atoms with van der Waals surface area (Å²) in [6.07, 6.45) is 2.21. The molecule has 0 bridgehead atoms. The van der Waals surface area contributed by atoms with Crippen LogP contribution < -0.4 is 16.4 Å². The Labute approximate surface area is 162 Å². The van der Waals surface area contributed by atoms with Gasteiger partial charge in [-0.05, 0) is 56.4 Å². The zero-order chi connectivity index (χ0) is 19.8. The average molecular weight is 377 g/mol. The van der Waals surface area contributed by atoms with Crippen molar-refractivity contribution in [2.75, 3.05) is 0 Å². The highest BCUT2D eigenvalue weighted by Gasteiger charge is 2.33. The fraction of sp³-hybridized carbons (Fsp3) is 0.318. The van der Waals surface area contributed by atoms with Crippen LogP contribution in [-0.4, -0.2) is 15.5 Å². The topological polar surface area (TPSA) is 84.0 Å².